The first-order valence-corrected chi connectivity index (χ1v) is 6.74. The van der Waals surface area contributed by atoms with E-state index in [0.29, 0.717) is 17.1 Å². The Labute approximate surface area is 120 Å². The SMILES string of the molecule is N#C/C(=N/Nc1ccccc1CN)C(=O)c1cccs1. The van der Waals surface area contributed by atoms with Gasteiger partial charge >= 0.3 is 0 Å². The first kappa shape index (κ1) is 13.9. The summed E-state index contributed by atoms with van der Waals surface area (Å²) < 4.78 is 0. The number of thiophene rings is 1. The number of hydrazone groups is 1. The number of Topliss-reactive ketones (excluding diaryl/α,β-unsaturated/α-hetero) is 1. The molecule has 0 spiro atoms. The first-order valence-electron chi connectivity index (χ1n) is 5.86. The maximum atomic E-state index is 12.0. The van der Waals surface area contributed by atoms with Crippen molar-refractivity contribution in [3.63, 3.8) is 0 Å². The van der Waals surface area contributed by atoms with E-state index in [-0.39, 0.29) is 11.5 Å². The number of hydrogen-bond acceptors (Lipinski definition) is 6. The molecule has 0 fully saturated rings. The number of rotatable bonds is 5. The van der Waals surface area contributed by atoms with Gasteiger partial charge in [-0.05, 0) is 23.1 Å². The number of hydrogen-bond donors (Lipinski definition) is 2. The van der Waals surface area contributed by atoms with E-state index >= 15 is 0 Å². The van der Waals surface area contributed by atoms with Crippen LogP contribution in [0.25, 0.3) is 0 Å². The van der Waals surface area contributed by atoms with Gasteiger partial charge in [-0.15, -0.1) is 11.3 Å². The molecule has 0 unspecified atom stereocenters. The molecule has 0 amide bonds. The van der Waals surface area contributed by atoms with Crippen LogP contribution in [0.15, 0.2) is 46.9 Å². The molecule has 2 aromatic rings. The van der Waals surface area contributed by atoms with Gasteiger partial charge < -0.3 is 5.73 Å². The fraction of sp³-hybridized carbons (Fsp3) is 0.0714. The van der Waals surface area contributed by atoms with Crippen molar-refractivity contribution in [2.75, 3.05) is 5.43 Å². The van der Waals surface area contributed by atoms with Gasteiger partial charge in [-0.25, -0.2) is 0 Å². The first-order chi connectivity index (χ1) is 9.76. The third kappa shape index (κ3) is 3.09. The van der Waals surface area contributed by atoms with Gasteiger partial charge in [-0.1, -0.05) is 24.3 Å². The predicted molar refractivity (Wildman–Crippen MR) is 79.7 cm³/mol. The van der Waals surface area contributed by atoms with E-state index in [1.807, 2.05) is 24.3 Å². The third-order valence-electron chi connectivity index (χ3n) is 2.59. The molecule has 0 bridgehead atoms. The number of nitriles is 1. The largest absolute Gasteiger partial charge is 0.326 e. The van der Waals surface area contributed by atoms with Crippen LogP contribution in [0.3, 0.4) is 0 Å². The quantitative estimate of drug-likeness (QED) is 0.501. The summed E-state index contributed by atoms with van der Waals surface area (Å²) in [6, 6.07) is 12.5. The van der Waals surface area contributed by atoms with Gasteiger partial charge in [-0.2, -0.15) is 10.4 Å². The molecule has 3 N–H and O–H groups in total. The van der Waals surface area contributed by atoms with Crippen molar-refractivity contribution in [3.05, 3.63) is 52.2 Å². The summed E-state index contributed by atoms with van der Waals surface area (Å²) in [5.74, 6) is -0.389. The molecule has 0 atom stereocenters. The highest BCUT2D eigenvalue weighted by atomic mass is 32.1. The van der Waals surface area contributed by atoms with Crippen molar-refractivity contribution in [2.24, 2.45) is 10.8 Å². The topological polar surface area (TPSA) is 91.3 Å². The van der Waals surface area contributed by atoms with Gasteiger partial charge in [0.25, 0.3) is 0 Å². The average Bonchev–Trinajstić information content (AvgIpc) is 3.02. The Kier molecular flexibility index (Phi) is 4.60. The van der Waals surface area contributed by atoms with E-state index in [2.05, 4.69) is 10.5 Å². The average molecular weight is 284 g/mol. The van der Waals surface area contributed by atoms with Gasteiger partial charge in [0, 0.05) is 6.54 Å². The van der Waals surface area contributed by atoms with Gasteiger partial charge in [0.2, 0.25) is 11.5 Å². The molecule has 0 radical (unpaired) electrons. The van der Waals surface area contributed by atoms with E-state index < -0.39 is 0 Å². The number of carbonyl (C=O) groups excluding carboxylic acids is 1. The highest BCUT2D eigenvalue weighted by Crippen LogP contribution is 2.15. The standard InChI is InChI=1S/C14H12N4OS/c15-8-10-4-1-2-5-11(10)17-18-12(9-16)14(19)13-6-3-7-20-13/h1-7,17H,8,15H2/b18-12-. The van der Waals surface area contributed by atoms with Crippen LogP contribution in [0, 0.1) is 11.3 Å². The number of benzene rings is 1. The van der Waals surface area contributed by atoms with Crippen LogP contribution >= 0.6 is 11.3 Å². The summed E-state index contributed by atoms with van der Waals surface area (Å²) in [5, 5.41) is 14.7. The minimum Gasteiger partial charge on any atom is -0.326 e. The van der Waals surface area contributed by atoms with Crippen molar-refractivity contribution in [1.29, 1.82) is 5.26 Å². The Morgan fingerprint density at radius 3 is 2.80 bits per heavy atom. The minimum absolute atomic E-state index is 0.181. The van der Waals surface area contributed by atoms with E-state index in [4.69, 9.17) is 11.0 Å². The molecular weight excluding hydrogens is 272 g/mol. The molecule has 0 aliphatic heterocycles. The van der Waals surface area contributed by atoms with E-state index in [1.54, 1.807) is 23.6 Å². The van der Waals surface area contributed by atoms with Crippen LogP contribution in [0.2, 0.25) is 0 Å². The highest BCUT2D eigenvalue weighted by Gasteiger charge is 2.14. The van der Waals surface area contributed by atoms with Gasteiger partial charge in [0.1, 0.15) is 6.07 Å². The Balaban J connectivity index is 2.21. The zero-order chi connectivity index (χ0) is 14.4. The molecule has 1 aromatic carbocycles. The summed E-state index contributed by atoms with van der Waals surface area (Å²) in [4.78, 5) is 12.5. The fourth-order valence-electron chi connectivity index (χ4n) is 1.57. The molecule has 0 aliphatic rings. The van der Waals surface area contributed by atoms with Crippen molar-refractivity contribution in [2.45, 2.75) is 6.54 Å². The van der Waals surface area contributed by atoms with Crippen molar-refractivity contribution in [1.82, 2.24) is 0 Å². The van der Waals surface area contributed by atoms with Crippen LogP contribution in [-0.4, -0.2) is 11.5 Å². The highest BCUT2D eigenvalue weighted by molar-refractivity contribution is 7.13. The van der Waals surface area contributed by atoms with Gasteiger partial charge in [0.05, 0.1) is 10.6 Å². The summed E-state index contributed by atoms with van der Waals surface area (Å²) in [7, 11) is 0. The summed E-state index contributed by atoms with van der Waals surface area (Å²) in [5.41, 5.74) is 9.69. The molecule has 1 heterocycles. The second kappa shape index (κ2) is 6.61. The lowest BCUT2D eigenvalue weighted by molar-refractivity contribution is 0.107. The van der Waals surface area contributed by atoms with Crippen LogP contribution in [0.1, 0.15) is 15.2 Å². The Bertz CT molecular complexity index is 671. The Morgan fingerprint density at radius 1 is 1.35 bits per heavy atom. The Hall–Kier alpha value is -2.49. The van der Waals surface area contributed by atoms with E-state index in [9.17, 15) is 4.79 Å². The normalized spacial score (nSPS) is 10.9. The molecular formula is C14H12N4OS. The third-order valence-corrected chi connectivity index (χ3v) is 3.46. The zero-order valence-electron chi connectivity index (χ0n) is 10.5. The van der Waals surface area contributed by atoms with Crippen LogP contribution in [-0.2, 0) is 6.54 Å². The van der Waals surface area contributed by atoms with E-state index in [0.717, 1.165) is 5.56 Å². The summed E-state index contributed by atoms with van der Waals surface area (Å²) >= 11 is 1.27. The number of nitrogens with zero attached hydrogens (tertiary/aromatic N) is 2. The lowest BCUT2D eigenvalue weighted by Crippen LogP contribution is -2.13. The molecule has 0 aliphatic carbocycles. The predicted octanol–water partition coefficient (Wildman–Crippen LogP) is 2.38. The number of nitrogens with one attached hydrogen (secondary N) is 1. The molecule has 100 valence electrons. The summed E-state index contributed by atoms with van der Waals surface area (Å²) in [6.45, 7) is 0.347. The summed E-state index contributed by atoms with van der Waals surface area (Å²) in [6.07, 6.45) is 0. The van der Waals surface area contributed by atoms with Gasteiger partial charge in [-0.3, -0.25) is 10.2 Å². The van der Waals surface area contributed by atoms with Gasteiger partial charge in [0.15, 0.2) is 0 Å². The minimum atomic E-state index is -0.389. The molecule has 0 saturated carbocycles. The molecule has 2 rings (SSSR count). The van der Waals surface area contributed by atoms with Crippen molar-refractivity contribution < 1.29 is 4.79 Å². The van der Waals surface area contributed by atoms with Crippen LogP contribution in [0.5, 0.6) is 0 Å². The lowest BCUT2D eigenvalue weighted by atomic mass is 10.2. The zero-order valence-corrected chi connectivity index (χ0v) is 11.4. The van der Waals surface area contributed by atoms with E-state index in [1.165, 1.54) is 11.3 Å². The number of ketones is 1. The smallest absolute Gasteiger partial charge is 0.233 e. The lowest BCUT2D eigenvalue weighted by Gasteiger charge is -2.06. The van der Waals surface area contributed by atoms with Crippen molar-refractivity contribution >= 4 is 28.5 Å². The Morgan fingerprint density at radius 2 is 2.15 bits per heavy atom. The maximum Gasteiger partial charge on any atom is 0.233 e. The molecule has 5 nitrogen and oxygen atoms in total. The van der Waals surface area contributed by atoms with Crippen LogP contribution in [0.4, 0.5) is 5.69 Å². The number of carbonyl (C=O) groups is 1. The monoisotopic (exact) mass is 284 g/mol. The maximum absolute atomic E-state index is 12.0. The van der Waals surface area contributed by atoms with Crippen LogP contribution < -0.4 is 11.2 Å². The fourth-order valence-corrected chi connectivity index (χ4v) is 2.24. The second-order valence-electron chi connectivity index (χ2n) is 3.85. The molecule has 1 aromatic heterocycles. The molecule has 6 heteroatoms. The molecule has 0 saturated heterocycles. The van der Waals surface area contributed by atoms with Crippen molar-refractivity contribution in [3.8, 4) is 6.07 Å². The second-order valence-corrected chi connectivity index (χ2v) is 4.80. The number of para-hydroxylation sites is 1. The molecule has 20 heavy (non-hydrogen) atoms. The number of anilines is 1. The number of nitrogens with two attached hydrogens (primary N) is 1.